The second kappa shape index (κ2) is 3.23. The summed E-state index contributed by atoms with van der Waals surface area (Å²) in [6.07, 6.45) is 3.23. The normalized spacial score (nSPS) is 9.85. The van der Waals surface area contributed by atoms with Crippen molar-refractivity contribution in [2.24, 2.45) is 0 Å². The Kier molecular flexibility index (Phi) is 1.92. The summed E-state index contributed by atoms with van der Waals surface area (Å²) in [6.45, 7) is 0. The van der Waals surface area contributed by atoms with Crippen molar-refractivity contribution in [3.8, 4) is 11.1 Å². The maximum Gasteiger partial charge on any atom is 0.0732 e. The fraction of sp³-hybridized carbons (Fsp3) is 0. The molecule has 0 unspecified atom stereocenters. The van der Waals surface area contributed by atoms with E-state index >= 15 is 0 Å². The number of aromatic nitrogens is 2. The van der Waals surface area contributed by atoms with Crippen LogP contribution in [0.1, 0.15) is 0 Å². The molecule has 64 valence electrons. The Morgan fingerprint density at radius 2 is 1.62 bits per heavy atom. The molecule has 0 aliphatic carbocycles. The molecular weight excluding hydrogens is 162 g/mol. The Bertz CT molecular complexity index is 398. The number of nitrogen functional groups attached to an aromatic ring is 1. The molecule has 0 atom stereocenters. The number of hydrogen-bond acceptors (Lipinski definition) is 3. The summed E-state index contributed by atoms with van der Waals surface area (Å²) in [5, 5.41) is 7.49. The van der Waals surface area contributed by atoms with Crippen molar-refractivity contribution in [1.29, 1.82) is 0 Å². The molecule has 0 amide bonds. The summed E-state index contributed by atoms with van der Waals surface area (Å²) in [5.41, 5.74) is 8.40. The summed E-state index contributed by atoms with van der Waals surface area (Å²) in [6, 6.07) is 9.89. The molecule has 2 N–H and O–H groups in total. The molecule has 3 nitrogen and oxygen atoms in total. The molecule has 13 heavy (non-hydrogen) atoms. The van der Waals surface area contributed by atoms with Crippen molar-refractivity contribution in [2.45, 2.75) is 0 Å². The van der Waals surface area contributed by atoms with Gasteiger partial charge in [-0.05, 0) is 5.56 Å². The topological polar surface area (TPSA) is 51.8 Å². The van der Waals surface area contributed by atoms with E-state index in [0.717, 1.165) is 11.1 Å². The summed E-state index contributed by atoms with van der Waals surface area (Å²) in [7, 11) is 0. The molecule has 3 heteroatoms. The lowest BCUT2D eigenvalue weighted by Gasteiger charge is -2.02. The van der Waals surface area contributed by atoms with Crippen LogP contribution in [0.4, 0.5) is 5.69 Å². The Morgan fingerprint density at radius 1 is 0.923 bits per heavy atom. The highest BCUT2D eigenvalue weighted by molar-refractivity contribution is 5.74. The van der Waals surface area contributed by atoms with Crippen LogP contribution >= 0.6 is 0 Å². The van der Waals surface area contributed by atoms with Crippen LogP contribution in [0.15, 0.2) is 42.7 Å². The third kappa shape index (κ3) is 1.49. The summed E-state index contributed by atoms with van der Waals surface area (Å²) >= 11 is 0. The molecule has 0 aliphatic rings. The van der Waals surface area contributed by atoms with Gasteiger partial charge in [-0.15, -0.1) is 0 Å². The van der Waals surface area contributed by atoms with Crippen LogP contribution in [0.3, 0.4) is 0 Å². The molecule has 0 saturated heterocycles. The Hall–Kier alpha value is -1.90. The van der Waals surface area contributed by atoms with Gasteiger partial charge in [0.2, 0.25) is 0 Å². The van der Waals surface area contributed by atoms with E-state index in [1.807, 2.05) is 30.3 Å². The van der Waals surface area contributed by atoms with Crippen LogP contribution in [0.2, 0.25) is 0 Å². The average molecular weight is 171 g/mol. The number of rotatable bonds is 1. The Balaban J connectivity index is 2.54. The van der Waals surface area contributed by atoms with E-state index in [4.69, 9.17) is 5.73 Å². The quantitative estimate of drug-likeness (QED) is 0.710. The van der Waals surface area contributed by atoms with Gasteiger partial charge in [-0.1, -0.05) is 30.3 Å². The maximum atomic E-state index is 5.75. The van der Waals surface area contributed by atoms with Gasteiger partial charge in [0.15, 0.2) is 0 Å². The fourth-order valence-electron chi connectivity index (χ4n) is 1.19. The van der Waals surface area contributed by atoms with Gasteiger partial charge in [0.25, 0.3) is 0 Å². The largest absolute Gasteiger partial charge is 0.397 e. The van der Waals surface area contributed by atoms with E-state index in [1.165, 1.54) is 0 Å². The third-order valence-corrected chi connectivity index (χ3v) is 1.85. The molecule has 1 aromatic carbocycles. The first-order chi connectivity index (χ1) is 6.38. The highest BCUT2D eigenvalue weighted by atomic mass is 15.1. The van der Waals surface area contributed by atoms with Gasteiger partial charge in [-0.3, -0.25) is 0 Å². The summed E-state index contributed by atoms with van der Waals surface area (Å²) < 4.78 is 0. The average Bonchev–Trinajstić information content (AvgIpc) is 2.20. The van der Waals surface area contributed by atoms with E-state index < -0.39 is 0 Å². The molecule has 0 saturated carbocycles. The minimum absolute atomic E-state index is 0.654. The second-order valence-corrected chi connectivity index (χ2v) is 2.72. The molecule has 2 rings (SSSR count). The van der Waals surface area contributed by atoms with Crippen molar-refractivity contribution >= 4 is 5.69 Å². The van der Waals surface area contributed by atoms with Crippen molar-refractivity contribution in [1.82, 2.24) is 10.2 Å². The number of nitrogens with zero attached hydrogens (tertiary/aromatic N) is 2. The Morgan fingerprint density at radius 3 is 2.31 bits per heavy atom. The van der Waals surface area contributed by atoms with Crippen LogP contribution in [-0.4, -0.2) is 10.2 Å². The highest BCUT2D eigenvalue weighted by Gasteiger charge is 2.00. The molecule has 0 fully saturated rings. The zero-order valence-electron chi connectivity index (χ0n) is 7.01. The lowest BCUT2D eigenvalue weighted by Crippen LogP contribution is -1.92. The third-order valence-electron chi connectivity index (χ3n) is 1.85. The van der Waals surface area contributed by atoms with E-state index in [2.05, 4.69) is 10.2 Å². The van der Waals surface area contributed by atoms with E-state index in [1.54, 1.807) is 12.4 Å². The molecule has 0 spiro atoms. The van der Waals surface area contributed by atoms with Crippen LogP contribution in [0.25, 0.3) is 11.1 Å². The summed E-state index contributed by atoms with van der Waals surface area (Å²) in [5.74, 6) is 0. The van der Waals surface area contributed by atoms with Gasteiger partial charge in [0, 0.05) is 5.56 Å². The number of nitrogens with two attached hydrogens (primary N) is 1. The van der Waals surface area contributed by atoms with E-state index in [9.17, 15) is 0 Å². The Labute approximate surface area is 76.2 Å². The second-order valence-electron chi connectivity index (χ2n) is 2.72. The minimum atomic E-state index is 0.654. The number of hydrogen-bond donors (Lipinski definition) is 1. The van der Waals surface area contributed by atoms with E-state index in [-0.39, 0.29) is 0 Å². The van der Waals surface area contributed by atoms with Crippen molar-refractivity contribution in [3.05, 3.63) is 42.7 Å². The molecular formula is C10H9N3. The zero-order valence-corrected chi connectivity index (χ0v) is 7.01. The predicted octanol–water partition coefficient (Wildman–Crippen LogP) is 1.73. The molecule has 0 aliphatic heterocycles. The van der Waals surface area contributed by atoms with Gasteiger partial charge in [-0.25, -0.2) is 0 Å². The van der Waals surface area contributed by atoms with Crippen LogP contribution < -0.4 is 5.73 Å². The van der Waals surface area contributed by atoms with Gasteiger partial charge >= 0.3 is 0 Å². The monoisotopic (exact) mass is 171 g/mol. The standard InChI is InChI=1S/C10H9N3/c11-10-7-13-12-6-9(10)8-4-2-1-3-5-8/h1-7H,(H2,11,12). The first kappa shape index (κ1) is 7.73. The number of benzene rings is 1. The minimum Gasteiger partial charge on any atom is -0.397 e. The predicted molar refractivity (Wildman–Crippen MR) is 51.9 cm³/mol. The highest BCUT2D eigenvalue weighted by Crippen LogP contribution is 2.22. The smallest absolute Gasteiger partial charge is 0.0732 e. The lowest BCUT2D eigenvalue weighted by atomic mass is 10.1. The van der Waals surface area contributed by atoms with Gasteiger partial charge in [-0.2, -0.15) is 10.2 Å². The SMILES string of the molecule is Nc1cnncc1-c1ccccc1. The summed E-state index contributed by atoms with van der Waals surface area (Å²) in [4.78, 5) is 0. The van der Waals surface area contributed by atoms with Gasteiger partial charge < -0.3 is 5.73 Å². The van der Waals surface area contributed by atoms with E-state index in [0.29, 0.717) is 5.69 Å². The molecule has 0 bridgehead atoms. The molecule has 0 radical (unpaired) electrons. The molecule has 1 aromatic heterocycles. The van der Waals surface area contributed by atoms with Crippen LogP contribution in [0.5, 0.6) is 0 Å². The number of anilines is 1. The lowest BCUT2D eigenvalue weighted by molar-refractivity contribution is 1.04. The van der Waals surface area contributed by atoms with Crippen molar-refractivity contribution in [2.75, 3.05) is 5.73 Å². The molecule has 1 heterocycles. The van der Waals surface area contributed by atoms with Gasteiger partial charge in [0.05, 0.1) is 18.1 Å². The van der Waals surface area contributed by atoms with Crippen molar-refractivity contribution in [3.63, 3.8) is 0 Å². The van der Waals surface area contributed by atoms with Crippen LogP contribution in [0, 0.1) is 0 Å². The maximum absolute atomic E-state index is 5.75. The van der Waals surface area contributed by atoms with Crippen LogP contribution in [-0.2, 0) is 0 Å². The van der Waals surface area contributed by atoms with Gasteiger partial charge in [0.1, 0.15) is 0 Å². The van der Waals surface area contributed by atoms with Crippen molar-refractivity contribution < 1.29 is 0 Å². The fourth-order valence-corrected chi connectivity index (χ4v) is 1.19. The zero-order chi connectivity index (χ0) is 9.10. The first-order valence-electron chi connectivity index (χ1n) is 3.99. The first-order valence-corrected chi connectivity index (χ1v) is 3.99. The molecule has 2 aromatic rings.